The van der Waals surface area contributed by atoms with Gasteiger partial charge in [0.05, 0.1) is 37.2 Å². The highest BCUT2D eigenvalue weighted by molar-refractivity contribution is 9.10. The number of carbonyl (C=O) groups is 3. The molecule has 2 unspecified atom stereocenters. The van der Waals surface area contributed by atoms with Crippen molar-refractivity contribution in [3.8, 4) is 5.75 Å². The van der Waals surface area contributed by atoms with Crippen LogP contribution < -0.4 is 15.3 Å². The number of anilines is 1. The Balaban J connectivity index is 0.734. The van der Waals surface area contributed by atoms with E-state index in [4.69, 9.17) is 4.74 Å². The van der Waals surface area contributed by atoms with Crippen molar-refractivity contribution in [3.05, 3.63) is 158 Å². The van der Waals surface area contributed by atoms with Crippen LogP contribution in [0.15, 0.2) is 119 Å². The number of fused-ring (bicyclic) bond motifs is 2. The number of imidazole rings is 1. The quantitative estimate of drug-likeness (QED) is 0.111. The number of amides is 3. The maximum absolute atomic E-state index is 16.1. The fourth-order valence-corrected chi connectivity index (χ4v) is 11.4. The minimum atomic E-state index is -3.02. The summed E-state index contributed by atoms with van der Waals surface area (Å²) in [7, 11) is 6.97. The zero-order chi connectivity index (χ0) is 49.7. The number of hydrogen-bond acceptors (Lipinski definition) is 8. The van der Waals surface area contributed by atoms with E-state index in [9.17, 15) is 19.2 Å². The SMILES string of the molecule is COc1ccc(CN2C(=O)CCC(n3c(=O)n(C)c4cc(CN5CCC(c6ccc(N(C)C(=O)c7ccc(C8CCN(Cc9cc%10c(Br)ccnc%10n9C)CC8)cc7)cc6)C(F)(F)C5)ccc43)C2=O)cc1. The molecular formula is C55H57BrF2N8O5. The Bertz CT molecular complexity index is 3200. The molecule has 3 aliphatic heterocycles. The predicted molar refractivity (Wildman–Crippen MR) is 273 cm³/mol. The first kappa shape index (κ1) is 48.2. The van der Waals surface area contributed by atoms with Crippen LogP contribution >= 0.6 is 15.9 Å². The standard InChI is InChI=1S/C55H57BrF2N8O5/c1-60-42(30-44-46(56)21-25-59-51(44)60)33-63-26-22-38(23-27-63)37-8-10-40(11-9-37)52(68)61(2)41-14-12-39(13-15-41)45-24-28-64(34-55(45,57)58)31-36-7-18-47-49(29-36)62(3)54(70)66(47)48-19-20-50(67)65(53(48)69)32-35-5-16-43(71-4)17-6-35/h5-18,21,25,29-30,38,45,48H,19-20,22-24,26-28,31-34H2,1-4H3. The van der Waals surface area contributed by atoms with Crippen molar-refractivity contribution in [1.29, 1.82) is 0 Å². The number of rotatable bonds is 12. The number of pyridine rings is 1. The minimum absolute atomic E-state index is 0.0796. The van der Waals surface area contributed by atoms with Gasteiger partial charge in [-0.05, 0) is 150 Å². The second-order valence-corrected chi connectivity index (χ2v) is 20.3. The first-order valence-corrected chi connectivity index (χ1v) is 25.0. The Kier molecular flexibility index (Phi) is 13.3. The molecule has 3 aromatic heterocycles. The highest BCUT2D eigenvalue weighted by atomic mass is 79.9. The molecular weight excluding hydrogens is 971 g/mol. The third-order valence-electron chi connectivity index (χ3n) is 15.1. The number of carbonyl (C=O) groups excluding carboxylic acids is 3. The number of methoxy groups -OCH3 is 1. The fraction of sp³-hybridized carbons (Fsp3) is 0.364. The molecule has 0 N–H and O–H groups in total. The maximum atomic E-state index is 16.1. The maximum Gasteiger partial charge on any atom is 0.329 e. The summed E-state index contributed by atoms with van der Waals surface area (Å²) >= 11 is 3.65. The van der Waals surface area contributed by atoms with Crippen LogP contribution in [0.1, 0.15) is 88.3 Å². The monoisotopic (exact) mass is 1030 g/mol. The van der Waals surface area contributed by atoms with E-state index in [0.29, 0.717) is 46.1 Å². The minimum Gasteiger partial charge on any atom is -0.497 e. The van der Waals surface area contributed by atoms with Gasteiger partial charge in [0, 0.05) is 73.7 Å². The van der Waals surface area contributed by atoms with Gasteiger partial charge < -0.3 is 14.2 Å². The molecule has 3 aliphatic rings. The average molecular weight is 1030 g/mol. The van der Waals surface area contributed by atoms with E-state index in [1.54, 1.807) is 85.6 Å². The van der Waals surface area contributed by atoms with Crippen LogP contribution in [0.3, 0.4) is 0 Å². The van der Waals surface area contributed by atoms with Crippen molar-refractivity contribution < 1.29 is 27.9 Å². The smallest absolute Gasteiger partial charge is 0.329 e. The number of imide groups is 1. The lowest BCUT2D eigenvalue weighted by atomic mass is 9.86. The molecule has 10 rings (SSSR count). The molecule has 7 aromatic rings. The molecule has 3 amide bonds. The Hall–Kier alpha value is -6.49. The molecule has 0 radical (unpaired) electrons. The third kappa shape index (κ3) is 9.44. The summed E-state index contributed by atoms with van der Waals surface area (Å²) in [5.41, 5.74) is 7.40. The van der Waals surface area contributed by atoms with Crippen LogP contribution in [0.4, 0.5) is 14.5 Å². The van der Waals surface area contributed by atoms with E-state index in [-0.39, 0.29) is 49.9 Å². The molecule has 71 heavy (non-hydrogen) atoms. The Labute approximate surface area is 419 Å². The van der Waals surface area contributed by atoms with Crippen LogP contribution in [0.2, 0.25) is 0 Å². The van der Waals surface area contributed by atoms with Gasteiger partial charge in [-0.1, -0.05) is 42.5 Å². The number of likely N-dealkylation sites (tertiary alicyclic amines) is 3. The van der Waals surface area contributed by atoms with Gasteiger partial charge in [0.2, 0.25) is 5.91 Å². The molecule has 6 heterocycles. The Morgan fingerprint density at radius 1 is 0.775 bits per heavy atom. The number of hydrogen-bond donors (Lipinski definition) is 0. The van der Waals surface area contributed by atoms with Gasteiger partial charge >= 0.3 is 5.69 Å². The molecule has 2 atom stereocenters. The number of halogens is 3. The van der Waals surface area contributed by atoms with Gasteiger partial charge in [-0.2, -0.15) is 0 Å². The second-order valence-electron chi connectivity index (χ2n) is 19.4. The largest absolute Gasteiger partial charge is 0.497 e. The van der Waals surface area contributed by atoms with E-state index < -0.39 is 30.3 Å². The van der Waals surface area contributed by atoms with E-state index in [0.717, 1.165) is 59.1 Å². The fourth-order valence-electron chi connectivity index (χ4n) is 10.9. The summed E-state index contributed by atoms with van der Waals surface area (Å²) in [6, 6.07) is 30.7. The Morgan fingerprint density at radius 3 is 2.15 bits per heavy atom. The van der Waals surface area contributed by atoms with Gasteiger partial charge in [0.15, 0.2) is 0 Å². The number of ether oxygens (including phenoxy) is 1. The molecule has 0 bridgehead atoms. The summed E-state index contributed by atoms with van der Waals surface area (Å²) < 4.78 is 43.5. The van der Waals surface area contributed by atoms with Crippen molar-refractivity contribution in [1.82, 2.24) is 33.4 Å². The summed E-state index contributed by atoms with van der Waals surface area (Å²) in [6.07, 6.45) is 4.43. The number of benzene rings is 4. The summed E-state index contributed by atoms with van der Waals surface area (Å²) in [6.45, 7) is 3.14. The van der Waals surface area contributed by atoms with Crippen molar-refractivity contribution in [2.75, 3.05) is 45.2 Å². The molecule has 13 nitrogen and oxygen atoms in total. The van der Waals surface area contributed by atoms with Gasteiger partial charge in [-0.3, -0.25) is 38.2 Å². The lowest BCUT2D eigenvalue weighted by Gasteiger charge is -2.38. The topological polar surface area (TPSA) is 118 Å². The molecule has 4 aromatic carbocycles. The van der Waals surface area contributed by atoms with Crippen molar-refractivity contribution in [3.63, 3.8) is 0 Å². The number of piperidine rings is 3. The van der Waals surface area contributed by atoms with E-state index in [1.807, 2.05) is 36.5 Å². The van der Waals surface area contributed by atoms with Crippen LogP contribution in [0, 0.1) is 0 Å². The predicted octanol–water partition coefficient (Wildman–Crippen LogP) is 9.17. The van der Waals surface area contributed by atoms with Crippen LogP contribution in [0.25, 0.3) is 22.1 Å². The molecule has 3 fully saturated rings. The zero-order valence-electron chi connectivity index (χ0n) is 40.4. The summed E-state index contributed by atoms with van der Waals surface area (Å²) in [4.78, 5) is 65.8. The number of nitrogens with zero attached hydrogens (tertiary/aromatic N) is 8. The molecule has 0 saturated carbocycles. The van der Waals surface area contributed by atoms with Gasteiger partial charge in [-0.25, -0.2) is 18.6 Å². The number of aromatic nitrogens is 4. The molecule has 368 valence electrons. The average Bonchev–Trinajstić information content (AvgIpc) is 3.83. The normalized spacial score (nSPS) is 19.2. The highest BCUT2D eigenvalue weighted by Crippen LogP contribution is 2.42. The van der Waals surface area contributed by atoms with Crippen LogP contribution in [-0.4, -0.2) is 97.4 Å². The molecule has 16 heteroatoms. The van der Waals surface area contributed by atoms with Gasteiger partial charge in [-0.15, -0.1) is 0 Å². The Morgan fingerprint density at radius 2 is 1.46 bits per heavy atom. The van der Waals surface area contributed by atoms with Crippen LogP contribution in [-0.2, 0) is 43.3 Å². The first-order valence-electron chi connectivity index (χ1n) is 24.2. The van der Waals surface area contributed by atoms with Gasteiger partial charge in [0.25, 0.3) is 17.7 Å². The first-order chi connectivity index (χ1) is 34.2. The van der Waals surface area contributed by atoms with Crippen LogP contribution in [0.5, 0.6) is 5.75 Å². The van der Waals surface area contributed by atoms with Crippen molar-refractivity contribution in [2.45, 2.75) is 75.5 Å². The van der Waals surface area contributed by atoms with E-state index in [2.05, 4.69) is 55.6 Å². The van der Waals surface area contributed by atoms with Crippen molar-refractivity contribution in [2.24, 2.45) is 14.1 Å². The molecule has 0 spiro atoms. The number of aryl methyl sites for hydroxylation is 2. The number of alkyl halides is 2. The zero-order valence-corrected chi connectivity index (χ0v) is 41.9. The molecule has 3 saturated heterocycles. The van der Waals surface area contributed by atoms with E-state index >= 15 is 8.78 Å². The van der Waals surface area contributed by atoms with Crippen molar-refractivity contribution >= 4 is 61.4 Å². The second kappa shape index (κ2) is 19.6. The lowest BCUT2D eigenvalue weighted by Crippen LogP contribution is -2.47. The lowest BCUT2D eigenvalue weighted by molar-refractivity contribution is -0.151. The third-order valence-corrected chi connectivity index (χ3v) is 15.8. The summed E-state index contributed by atoms with van der Waals surface area (Å²) in [5, 5.41) is 1.12. The van der Waals surface area contributed by atoms with Gasteiger partial charge in [0.1, 0.15) is 17.4 Å². The summed E-state index contributed by atoms with van der Waals surface area (Å²) in [5.74, 6) is -3.86. The molecule has 0 aliphatic carbocycles. The highest BCUT2D eigenvalue weighted by Gasteiger charge is 2.45. The van der Waals surface area contributed by atoms with E-state index in [1.165, 1.54) is 25.3 Å².